The van der Waals surface area contributed by atoms with Crippen molar-refractivity contribution in [2.75, 3.05) is 19.0 Å². The highest BCUT2D eigenvalue weighted by Gasteiger charge is 2.26. The minimum Gasteiger partial charge on any atom is -0.338 e. The Bertz CT molecular complexity index is 450. The number of amides is 1. The molecular weight excluding hydrogens is 293 g/mol. The Labute approximate surface area is 122 Å². The number of benzene rings is 1. The van der Waals surface area contributed by atoms with Crippen molar-refractivity contribution in [3.05, 3.63) is 33.8 Å². The van der Waals surface area contributed by atoms with Crippen molar-refractivity contribution < 1.29 is 4.79 Å². The first-order valence-electron chi connectivity index (χ1n) is 5.92. The molecule has 0 saturated carbocycles. The summed E-state index contributed by atoms with van der Waals surface area (Å²) >= 11 is 17.5. The Morgan fingerprint density at radius 3 is 2.78 bits per heavy atom. The van der Waals surface area contributed by atoms with Gasteiger partial charge in [0.15, 0.2) is 0 Å². The molecule has 0 aromatic heterocycles. The van der Waals surface area contributed by atoms with Crippen LogP contribution in [-0.4, -0.2) is 29.8 Å². The van der Waals surface area contributed by atoms with Crippen LogP contribution in [0.4, 0.5) is 0 Å². The molecule has 1 aliphatic heterocycles. The van der Waals surface area contributed by atoms with Crippen LogP contribution in [0.2, 0.25) is 10.0 Å². The molecule has 5 heteroatoms. The van der Waals surface area contributed by atoms with Gasteiger partial charge in [-0.1, -0.05) is 23.2 Å². The highest BCUT2D eigenvalue weighted by molar-refractivity contribution is 6.42. The molecule has 98 valence electrons. The highest BCUT2D eigenvalue weighted by Crippen LogP contribution is 2.26. The van der Waals surface area contributed by atoms with Crippen LogP contribution in [0, 0.1) is 5.92 Å². The van der Waals surface area contributed by atoms with Gasteiger partial charge in [0.05, 0.1) is 10.0 Å². The Morgan fingerprint density at radius 1 is 1.33 bits per heavy atom. The Kier molecular flexibility index (Phi) is 4.77. The largest absolute Gasteiger partial charge is 0.338 e. The van der Waals surface area contributed by atoms with E-state index in [4.69, 9.17) is 34.8 Å². The lowest BCUT2D eigenvalue weighted by Crippen LogP contribution is -2.28. The third kappa shape index (κ3) is 3.11. The fraction of sp³-hybridized carbons (Fsp3) is 0.462. The molecule has 2 nitrogen and oxygen atoms in total. The molecular formula is C13H14Cl3NO. The lowest BCUT2D eigenvalue weighted by molar-refractivity contribution is 0.0787. The number of likely N-dealkylation sites (tertiary alicyclic amines) is 1. The van der Waals surface area contributed by atoms with Gasteiger partial charge in [-0.05, 0) is 37.0 Å². The average Bonchev–Trinajstić information content (AvgIpc) is 2.81. The molecule has 1 unspecified atom stereocenters. The topological polar surface area (TPSA) is 20.3 Å². The minimum absolute atomic E-state index is 0.0191. The number of carbonyl (C=O) groups excluding carboxylic acids is 1. The number of nitrogens with zero attached hydrogens (tertiary/aromatic N) is 1. The van der Waals surface area contributed by atoms with Crippen molar-refractivity contribution in [3.8, 4) is 0 Å². The highest BCUT2D eigenvalue weighted by atomic mass is 35.5. The number of carbonyl (C=O) groups is 1. The van der Waals surface area contributed by atoms with Gasteiger partial charge in [0.25, 0.3) is 5.91 Å². The van der Waals surface area contributed by atoms with Crippen molar-refractivity contribution in [1.29, 1.82) is 0 Å². The minimum atomic E-state index is 0.0191. The first kappa shape index (κ1) is 14.0. The zero-order chi connectivity index (χ0) is 13.1. The van der Waals surface area contributed by atoms with E-state index in [1.165, 1.54) is 0 Å². The van der Waals surface area contributed by atoms with E-state index in [1.807, 2.05) is 4.90 Å². The van der Waals surface area contributed by atoms with E-state index in [9.17, 15) is 4.79 Å². The quantitative estimate of drug-likeness (QED) is 0.770. The lowest BCUT2D eigenvalue weighted by Gasteiger charge is -2.16. The molecule has 0 aliphatic carbocycles. The van der Waals surface area contributed by atoms with Gasteiger partial charge in [0.2, 0.25) is 0 Å². The number of halogens is 3. The second-order valence-electron chi connectivity index (χ2n) is 4.51. The van der Waals surface area contributed by atoms with E-state index < -0.39 is 0 Å². The van der Waals surface area contributed by atoms with E-state index in [0.29, 0.717) is 27.4 Å². The van der Waals surface area contributed by atoms with Gasteiger partial charge in [-0.2, -0.15) is 0 Å². The number of hydrogen-bond acceptors (Lipinski definition) is 1. The van der Waals surface area contributed by atoms with Gasteiger partial charge in [-0.25, -0.2) is 0 Å². The van der Waals surface area contributed by atoms with Crippen LogP contribution in [-0.2, 0) is 0 Å². The second-order valence-corrected chi connectivity index (χ2v) is 5.70. The molecule has 1 aliphatic rings. The first-order chi connectivity index (χ1) is 8.61. The third-order valence-corrected chi connectivity index (χ3v) is 4.21. The molecule has 1 atom stereocenters. The molecule has 1 saturated heterocycles. The number of rotatable bonds is 3. The van der Waals surface area contributed by atoms with Gasteiger partial charge < -0.3 is 4.90 Å². The molecule has 0 radical (unpaired) electrons. The summed E-state index contributed by atoms with van der Waals surface area (Å²) in [5.74, 6) is 1.19. The molecule has 1 fully saturated rings. The Balaban J connectivity index is 2.05. The number of alkyl halides is 1. The maximum atomic E-state index is 12.3. The van der Waals surface area contributed by atoms with Crippen LogP contribution in [0.25, 0.3) is 0 Å². The Morgan fingerprint density at radius 2 is 2.11 bits per heavy atom. The van der Waals surface area contributed by atoms with E-state index in [0.717, 1.165) is 25.9 Å². The molecule has 0 spiro atoms. The fourth-order valence-corrected chi connectivity index (χ4v) is 2.83. The van der Waals surface area contributed by atoms with Gasteiger partial charge in [0.1, 0.15) is 0 Å². The van der Waals surface area contributed by atoms with Gasteiger partial charge in [0, 0.05) is 24.5 Å². The average molecular weight is 307 g/mol. The summed E-state index contributed by atoms with van der Waals surface area (Å²) in [5, 5.41) is 0.883. The van der Waals surface area contributed by atoms with E-state index >= 15 is 0 Å². The van der Waals surface area contributed by atoms with Gasteiger partial charge >= 0.3 is 0 Å². The molecule has 0 bridgehead atoms. The fourth-order valence-electron chi connectivity index (χ4n) is 2.22. The Hall–Kier alpha value is -0.440. The molecule has 1 aromatic rings. The molecule has 0 N–H and O–H groups in total. The van der Waals surface area contributed by atoms with Crippen LogP contribution in [0.1, 0.15) is 23.2 Å². The summed E-state index contributed by atoms with van der Waals surface area (Å²) in [4.78, 5) is 14.1. The van der Waals surface area contributed by atoms with E-state index in [-0.39, 0.29) is 5.91 Å². The molecule has 1 amide bonds. The van der Waals surface area contributed by atoms with Crippen LogP contribution in [0.3, 0.4) is 0 Å². The summed E-state index contributed by atoms with van der Waals surface area (Å²) in [7, 11) is 0. The monoisotopic (exact) mass is 305 g/mol. The second kappa shape index (κ2) is 6.14. The molecule has 2 rings (SSSR count). The first-order valence-corrected chi connectivity index (χ1v) is 7.21. The summed E-state index contributed by atoms with van der Waals surface area (Å²) in [5.41, 5.74) is 0.593. The van der Waals surface area contributed by atoms with E-state index in [2.05, 4.69) is 0 Å². The number of hydrogen-bond donors (Lipinski definition) is 0. The predicted octanol–water partition coefficient (Wildman–Crippen LogP) is 4.08. The summed E-state index contributed by atoms with van der Waals surface area (Å²) < 4.78 is 0. The van der Waals surface area contributed by atoms with Crippen LogP contribution >= 0.6 is 34.8 Å². The van der Waals surface area contributed by atoms with Crippen LogP contribution in [0.15, 0.2) is 18.2 Å². The SMILES string of the molecule is O=C(c1ccc(Cl)c(Cl)c1)N1CCC(CCCl)C1. The van der Waals surface area contributed by atoms with Gasteiger partial charge in [-0.3, -0.25) is 4.79 Å². The lowest BCUT2D eigenvalue weighted by atomic mass is 10.1. The molecule has 1 heterocycles. The van der Waals surface area contributed by atoms with Crippen LogP contribution < -0.4 is 0 Å². The third-order valence-electron chi connectivity index (χ3n) is 3.26. The standard InChI is InChI=1S/C13H14Cl3NO/c14-5-3-9-4-6-17(8-9)13(18)10-1-2-11(15)12(16)7-10/h1-2,7,9H,3-6,8H2. The summed E-state index contributed by atoms with van der Waals surface area (Å²) in [6.45, 7) is 1.58. The predicted molar refractivity (Wildman–Crippen MR) is 75.8 cm³/mol. The van der Waals surface area contributed by atoms with Crippen molar-refractivity contribution in [1.82, 2.24) is 4.90 Å². The zero-order valence-electron chi connectivity index (χ0n) is 9.83. The van der Waals surface area contributed by atoms with Crippen molar-refractivity contribution in [3.63, 3.8) is 0 Å². The van der Waals surface area contributed by atoms with Crippen molar-refractivity contribution in [2.24, 2.45) is 5.92 Å². The van der Waals surface area contributed by atoms with Gasteiger partial charge in [-0.15, -0.1) is 11.6 Å². The normalized spacial score (nSPS) is 19.3. The smallest absolute Gasteiger partial charge is 0.253 e. The van der Waals surface area contributed by atoms with Crippen LogP contribution in [0.5, 0.6) is 0 Å². The molecule has 1 aromatic carbocycles. The van der Waals surface area contributed by atoms with E-state index in [1.54, 1.807) is 18.2 Å². The van der Waals surface area contributed by atoms with Crippen molar-refractivity contribution >= 4 is 40.7 Å². The summed E-state index contributed by atoms with van der Waals surface area (Å²) in [6.07, 6.45) is 1.99. The maximum absolute atomic E-state index is 12.3. The molecule has 18 heavy (non-hydrogen) atoms. The zero-order valence-corrected chi connectivity index (χ0v) is 12.1. The summed E-state index contributed by atoms with van der Waals surface area (Å²) in [6, 6.07) is 5.00. The van der Waals surface area contributed by atoms with Crippen molar-refractivity contribution in [2.45, 2.75) is 12.8 Å². The maximum Gasteiger partial charge on any atom is 0.253 e.